The van der Waals surface area contributed by atoms with Crippen molar-refractivity contribution in [3.63, 3.8) is 0 Å². The minimum Gasteiger partial charge on any atom is -0.345 e. The summed E-state index contributed by atoms with van der Waals surface area (Å²) < 4.78 is 1.22. The first kappa shape index (κ1) is 21.8. The summed E-state index contributed by atoms with van der Waals surface area (Å²) in [5.41, 5.74) is 3.66. The van der Waals surface area contributed by atoms with Crippen molar-refractivity contribution in [3.8, 4) is 0 Å². The zero-order valence-electron chi connectivity index (χ0n) is 15.9. The highest BCUT2D eigenvalue weighted by molar-refractivity contribution is 7.22. The number of anilines is 1. The molecule has 1 atom stereocenters. The summed E-state index contributed by atoms with van der Waals surface area (Å²) in [7, 11) is 0. The Kier molecular flexibility index (Phi) is 7.01. The second-order valence-corrected chi connectivity index (χ2v) is 8.19. The van der Waals surface area contributed by atoms with E-state index in [2.05, 4.69) is 52.7 Å². The molecule has 3 aromatic rings. The van der Waals surface area contributed by atoms with Gasteiger partial charge >= 0.3 is 0 Å². The largest absolute Gasteiger partial charge is 0.345 e. The molecule has 154 valence electrons. The monoisotopic (exact) mass is 450 g/mol. The Morgan fingerprint density at radius 2 is 1.66 bits per heavy atom. The van der Waals surface area contributed by atoms with Crippen molar-refractivity contribution in [2.75, 3.05) is 31.1 Å². The molecule has 29 heavy (non-hydrogen) atoms. The van der Waals surface area contributed by atoms with Gasteiger partial charge in [0.25, 0.3) is 0 Å². The lowest BCUT2D eigenvalue weighted by Gasteiger charge is -2.37. The number of hydrogen-bond donors (Lipinski definition) is 1. The molecule has 1 aromatic heterocycles. The number of nitrogens with zero attached hydrogens (tertiary/aromatic N) is 3. The number of carbonyl (C=O) groups excluding carboxylic acids is 1. The van der Waals surface area contributed by atoms with Gasteiger partial charge in [-0.3, -0.25) is 4.79 Å². The molecule has 1 saturated heterocycles. The van der Waals surface area contributed by atoms with Crippen LogP contribution in [0.1, 0.15) is 11.1 Å². The van der Waals surface area contributed by atoms with Gasteiger partial charge in [0.05, 0.1) is 16.3 Å². The van der Waals surface area contributed by atoms with Crippen LogP contribution in [0.15, 0.2) is 48.5 Å². The first-order valence-corrected chi connectivity index (χ1v) is 10.3. The molecular weight excluding hydrogens is 427 g/mol. The number of hydrogen-bond acceptors (Lipinski definition) is 5. The van der Waals surface area contributed by atoms with Crippen LogP contribution in [0.4, 0.5) is 5.13 Å². The molecule has 1 amide bonds. The first-order chi connectivity index (χ1) is 13.3. The number of amides is 1. The molecule has 2 aromatic carbocycles. The minimum atomic E-state index is -0.103. The summed E-state index contributed by atoms with van der Waals surface area (Å²) in [6.45, 7) is 3.98. The summed E-state index contributed by atoms with van der Waals surface area (Å²) in [5, 5.41) is 4.48. The molecule has 5 nitrogen and oxygen atoms in total. The standard InChI is InChI=1S/C21H22N4OS.2ClH/c26-20(18-13-15-5-1-2-6-16(15)14-22-18)24-9-11-25(12-10-24)21-23-17-7-3-4-8-19(17)27-21;;/h1-8,18,22H,9-14H2;2*1H/t18-;;/m1../s1. The Morgan fingerprint density at radius 1 is 0.966 bits per heavy atom. The fourth-order valence-electron chi connectivity index (χ4n) is 3.96. The van der Waals surface area contributed by atoms with Gasteiger partial charge in [0, 0.05) is 32.7 Å². The van der Waals surface area contributed by atoms with Crippen LogP contribution in [0.5, 0.6) is 0 Å². The average Bonchev–Trinajstić information content (AvgIpc) is 3.17. The quantitative estimate of drug-likeness (QED) is 0.648. The van der Waals surface area contributed by atoms with Crippen LogP contribution in [0, 0.1) is 0 Å². The van der Waals surface area contributed by atoms with E-state index >= 15 is 0 Å². The molecule has 0 radical (unpaired) electrons. The molecular formula is C21H24Cl2N4OS. The number of rotatable bonds is 2. The van der Waals surface area contributed by atoms with Gasteiger partial charge in [0.2, 0.25) is 5.91 Å². The van der Waals surface area contributed by atoms with Gasteiger partial charge in [0.1, 0.15) is 0 Å². The van der Waals surface area contributed by atoms with Gasteiger partial charge in [0.15, 0.2) is 5.13 Å². The lowest BCUT2D eigenvalue weighted by atomic mass is 9.95. The van der Waals surface area contributed by atoms with Crippen LogP contribution in [0.3, 0.4) is 0 Å². The van der Waals surface area contributed by atoms with E-state index in [1.165, 1.54) is 15.8 Å². The molecule has 0 spiro atoms. The Balaban J connectivity index is 0.00000120. The molecule has 2 aliphatic heterocycles. The van der Waals surface area contributed by atoms with Gasteiger partial charge in [-0.05, 0) is 29.7 Å². The fraction of sp³-hybridized carbons (Fsp3) is 0.333. The van der Waals surface area contributed by atoms with E-state index in [-0.39, 0.29) is 36.8 Å². The molecule has 5 rings (SSSR count). The number of thiazole rings is 1. The third-order valence-corrected chi connectivity index (χ3v) is 6.62. The topological polar surface area (TPSA) is 48.5 Å². The third kappa shape index (κ3) is 4.36. The molecule has 8 heteroatoms. The number of para-hydroxylation sites is 1. The van der Waals surface area contributed by atoms with E-state index in [1.807, 2.05) is 11.0 Å². The van der Waals surface area contributed by atoms with Crippen molar-refractivity contribution >= 4 is 57.4 Å². The molecule has 1 fully saturated rings. The smallest absolute Gasteiger partial charge is 0.240 e. The number of halogens is 2. The van der Waals surface area contributed by atoms with E-state index in [4.69, 9.17) is 4.98 Å². The van der Waals surface area contributed by atoms with E-state index in [1.54, 1.807) is 11.3 Å². The SMILES string of the molecule is Cl.Cl.O=C([C@H]1Cc2ccccc2CN1)N1CCN(c2nc3ccccc3s2)CC1. The summed E-state index contributed by atoms with van der Waals surface area (Å²) in [4.78, 5) is 22.0. The van der Waals surface area contributed by atoms with Crippen molar-refractivity contribution in [3.05, 3.63) is 59.7 Å². The Bertz CT molecular complexity index is 954. The van der Waals surface area contributed by atoms with E-state index in [0.29, 0.717) is 0 Å². The maximum absolute atomic E-state index is 13.0. The summed E-state index contributed by atoms with van der Waals surface area (Å²) in [6.07, 6.45) is 0.785. The van der Waals surface area contributed by atoms with Crippen molar-refractivity contribution in [2.45, 2.75) is 19.0 Å². The van der Waals surface area contributed by atoms with Gasteiger partial charge in [-0.15, -0.1) is 24.8 Å². The summed E-state index contributed by atoms with van der Waals surface area (Å²) >= 11 is 1.73. The summed E-state index contributed by atoms with van der Waals surface area (Å²) in [6, 6.07) is 16.5. The molecule has 0 saturated carbocycles. The highest BCUT2D eigenvalue weighted by Crippen LogP contribution is 2.29. The number of fused-ring (bicyclic) bond motifs is 2. The predicted octanol–water partition coefficient (Wildman–Crippen LogP) is 3.50. The number of aromatic nitrogens is 1. The lowest BCUT2D eigenvalue weighted by Crippen LogP contribution is -2.55. The van der Waals surface area contributed by atoms with Gasteiger partial charge < -0.3 is 15.1 Å². The molecule has 3 heterocycles. The van der Waals surface area contributed by atoms with E-state index in [9.17, 15) is 4.79 Å². The molecule has 2 aliphatic rings. The number of nitrogens with one attached hydrogen (secondary N) is 1. The molecule has 0 aliphatic carbocycles. The van der Waals surface area contributed by atoms with Gasteiger partial charge in [-0.2, -0.15) is 0 Å². The maximum atomic E-state index is 13.0. The van der Waals surface area contributed by atoms with Crippen LogP contribution in [0.2, 0.25) is 0 Å². The zero-order valence-corrected chi connectivity index (χ0v) is 18.4. The highest BCUT2D eigenvalue weighted by atomic mass is 35.5. The molecule has 1 N–H and O–H groups in total. The minimum absolute atomic E-state index is 0. The zero-order chi connectivity index (χ0) is 18.2. The molecule has 0 bridgehead atoms. The Labute approximate surface area is 186 Å². The predicted molar refractivity (Wildman–Crippen MR) is 124 cm³/mol. The normalized spacial score (nSPS) is 18.6. The van der Waals surface area contributed by atoms with E-state index < -0.39 is 0 Å². The average molecular weight is 451 g/mol. The number of piperazine rings is 1. The number of carbonyl (C=O) groups is 1. The Morgan fingerprint density at radius 3 is 2.41 bits per heavy atom. The lowest BCUT2D eigenvalue weighted by molar-refractivity contribution is -0.134. The Hall–Kier alpha value is -1.86. The van der Waals surface area contributed by atoms with Crippen molar-refractivity contribution in [1.29, 1.82) is 0 Å². The van der Waals surface area contributed by atoms with Crippen LogP contribution < -0.4 is 10.2 Å². The molecule has 0 unspecified atom stereocenters. The second kappa shape index (κ2) is 9.30. The third-order valence-electron chi connectivity index (χ3n) is 5.52. The first-order valence-electron chi connectivity index (χ1n) is 9.47. The van der Waals surface area contributed by atoms with Crippen LogP contribution >= 0.6 is 36.2 Å². The second-order valence-electron chi connectivity index (χ2n) is 7.18. The van der Waals surface area contributed by atoms with E-state index in [0.717, 1.165) is 49.8 Å². The van der Waals surface area contributed by atoms with Gasteiger partial charge in [-0.1, -0.05) is 47.7 Å². The maximum Gasteiger partial charge on any atom is 0.240 e. The van der Waals surface area contributed by atoms with Gasteiger partial charge in [-0.25, -0.2) is 4.98 Å². The van der Waals surface area contributed by atoms with Crippen LogP contribution in [0.25, 0.3) is 10.2 Å². The highest BCUT2D eigenvalue weighted by Gasteiger charge is 2.30. The van der Waals surface area contributed by atoms with Crippen molar-refractivity contribution in [2.24, 2.45) is 0 Å². The van der Waals surface area contributed by atoms with Crippen molar-refractivity contribution in [1.82, 2.24) is 15.2 Å². The van der Waals surface area contributed by atoms with Crippen molar-refractivity contribution < 1.29 is 4.79 Å². The number of benzene rings is 2. The van der Waals surface area contributed by atoms with Crippen LogP contribution in [-0.2, 0) is 17.8 Å². The fourth-order valence-corrected chi connectivity index (χ4v) is 4.98. The summed E-state index contributed by atoms with van der Waals surface area (Å²) in [5.74, 6) is 0.230. The van der Waals surface area contributed by atoms with Crippen LogP contribution in [-0.4, -0.2) is 48.0 Å².